The lowest BCUT2D eigenvalue weighted by molar-refractivity contribution is -0.120. The fourth-order valence-corrected chi connectivity index (χ4v) is 2.85. The number of nitrogens with one attached hydrogen (secondary N) is 2. The van der Waals surface area contributed by atoms with Gasteiger partial charge in [-0.05, 0) is 59.0 Å². The van der Waals surface area contributed by atoms with E-state index in [1.807, 2.05) is 24.3 Å². The molecule has 0 spiro atoms. The van der Waals surface area contributed by atoms with Crippen molar-refractivity contribution in [1.82, 2.24) is 10.2 Å². The fraction of sp³-hybridized carbons (Fsp3) is 0.611. The van der Waals surface area contributed by atoms with E-state index in [1.54, 1.807) is 0 Å². The number of anilines is 1. The van der Waals surface area contributed by atoms with Gasteiger partial charge in [-0.15, -0.1) is 24.8 Å². The Morgan fingerprint density at radius 3 is 2.80 bits per heavy atom. The minimum absolute atomic E-state index is 0. The Labute approximate surface area is 163 Å². The number of carbonyl (C=O) groups excluding carboxylic acids is 1. The highest BCUT2D eigenvalue weighted by molar-refractivity contribution is 5.92. The molecule has 7 heteroatoms. The molecule has 2 atom stereocenters. The van der Waals surface area contributed by atoms with Crippen molar-refractivity contribution < 1.29 is 9.53 Å². The van der Waals surface area contributed by atoms with Crippen LogP contribution < -0.4 is 15.4 Å². The van der Waals surface area contributed by atoms with Crippen molar-refractivity contribution in [1.29, 1.82) is 0 Å². The maximum atomic E-state index is 12.4. The number of nitrogens with zero attached hydrogens (tertiary/aromatic N) is 1. The van der Waals surface area contributed by atoms with Gasteiger partial charge in [-0.3, -0.25) is 4.79 Å². The van der Waals surface area contributed by atoms with Gasteiger partial charge in [-0.1, -0.05) is 6.07 Å². The third-order valence-corrected chi connectivity index (χ3v) is 4.11. The second-order valence-corrected chi connectivity index (χ2v) is 6.60. The van der Waals surface area contributed by atoms with Gasteiger partial charge in [0.25, 0.3) is 0 Å². The first kappa shape index (κ1) is 24.0. The normalized spacial score (nSPS) is 19.5. The molecule has 5 nitrogen and oxygen atoms in total. The first-order valence-electron chi connectivity index (χ1n) is 8.46. The van der Waals surface area contributed by atoms with Gasteiger partial charge in [0.1, 0.15) is 5.75 Å². The predicted octanol–water partition coefficient (Wildman–Crippen LogP) is 3.19. The van der Waals surface area contributed by atoms with Gasteiger partial charge < -0.3 is 20.3 Å². The Bertz CT molecular complexity index is 515. The van der Waals surface area contributed by atoms with Crippen LogP contribution in [0.4, 0.5) is 5.69 Å². The summed E-state index contributed by atoms with van der Waals surface area (Å²) in [6.07, 6.45) is 2.78. The first-order valence-corrected chi connectivity index (χ1v) is 8.46. The quantitative estimate of drug-likeness (QED) is 0.700. The molecule has 0 unspecified atom stereocenters. The van der Waals surface area contributed by atoms with Crippen LogP contribution in [0.1, 0.15) is 26.2 Å². The molecule has 0 aliphatic carbocycles. The van der Waals surface area contributed by atoms with Gasteiger partial charge in [-0.25, -0.2) is 0 Å². The van der Waals surface area contributed by atoms with Gasteiger partial charge in [0, 0.05) is 30.3 Å². The van der Waals surface area contributed by atoms with Crippen molar-refractivity contribution in [3.63, 3.8) is 0 Å². The van der Waals surface area contributed by atoms with Crippen LogP contribution >= 0.6 is 24.8 Å². The Hall–Kier alpha value is -1.01. The van der Waals surface area contributed by atoms with Crippen molar-refractivity contribution in [3.8, 4) is 5.75 Å². The predicted molar refractivity (Wildman–Crippen MR) is 108 cm³/mol. The molecule has 1 amide bonds. The van der Waals surface area contributed by atoms with Crippen molar-refractivity contribution in [2.24, 2.45) is 5.92 Å². The Morgan fingerprint density at radius 2 is 2.12 bits per heavy atom. The molecule has 1 aliphatic heterocycles. The third-order valence-electron chi connectivity index (χ3n) is 4.11. The minimum Gasteiger partial charge on any atom is -0.493 e. The largest absolute Gasteiger partial charge is 0.493 e. The van der Waals surface area contributed by atoms with Crippen LogP contribution in [0.15, 0.2) is 24.3 Å². The Morgan fingerprint density at radius 1 is 1.36 bits per heavy atom. The molecule has 25 heavy (non-hydrogen) atoms. The summed E-state index contributed by atoms with van der Waals surface area (Å²) in [6, 6.07) is 8.07. The van der Waals surface area contributed by atoms with Crippen molar-refractivity contribution in [3.05, 3.63) is 24.3 Å². The zero-order valence-corrected chi connectivity index (χ0v) is 16.9. The molecule has 1 fully saturated rings. The standard InChI is InChI=1S/C18H29N3O2.2ClH/c1-14-12-15(8-9-19-14)18(22)20-16-6-4-7-17(13-16)23-11-5-10-21(2)3;;/h4,6-7,13-15,19H,5,8-12H2,1-3H3,(H,20,22);2*1H/t14-,15-;;/m0../s1. The number of carbonyl (C=O) groups is 1. The number of benzene rings is 1. The summed E-state index contributed by atoms with van der Waals surface area (Å²) in [5.41, 5.74) is 0.811. The number of hydrogen-bond acceptors (Lipinski definition) is 4. The molecule has 1 aromatic rings. The van der Waals surface area contributed by atoms with Crippen LogP contribution in [-0.4, -0.2) is 50.6 Å². The summed E-state index contributed by atoms with van der Waals surface area (Å²) in [6.45, 7) is 4.72. The SMILES string of the molecule is C[C@H]1C[C@@H](C(=O)Nc2cccc(OCCCN(C)C)c2)CCN1.Cl.Cl. The highest BCUT2D eigenvalue weighted by Gasteiger charge is 2.24. The third kappa shape index (κ3) is 8.77. The van der Waals surface area contributed by atoms with Crippen LogP contribution in [0, 0.1) is 5.92 Å². The molecular formula is C18H31Cl2N3O2. The average Bonchev–Trinajstić information content (AvgIpc) is 2.52. The van der Waals surface area contributed by atoms with Gasteiger partial charge >= 0.3 is 0 Å². The molecule has 1 saturated heterocycles. The molecular weight excluding hydrogens is 361 g/mol. The minimum atomic E-state index is 0. The van der Waals surface area contributed by atoms with Gasteiger partial charge in [0.2, 0.25) is 5.91 Å². The van der Waals surface area contributed by atoms with E-state index < -0.39 is 0 Å². The number of rotatable bonds is 7. The van der Waals surface area contributed by atoms with Crippen LogP contribution in [0.2, 0.25) is 0 Å². The summed E-state index contributed by atoms with van der Waals surface area (Å²) < 4.78 is 5.75. The molecule has 1 aromatic carbocycles. The summed E-state index contributed by atoms with van der Waals surface area (Å²) >= 11 is 0. The molecule has 0 aromatic heterocycles. The maximum Gasteiger partial charge on any atom is 0.227 e. The van der Waals surface area contributed by atoms with E-state index in [-0.39, 0.29) is 36.6 Å². The zero-order chi connectivity index (χ0) is 16.7. The highest BCUT2D eigenvalue weighted by atomic mass is 35.5. The summed E-state index contributed by atoms with van der Waals surface area (Å²) in [4.78, 5) is 14.5. The van der Waals surface area contributed by atoms with Crippen LogP contribution in [-0.2, 0) is 4.79 Å². The lowest BCUT2D eigenvalue weighted by Crippen LogP contribution is -2.40. The zero-order valence-electron chi connectivity index (χ0n) is 15.3. The summed E-state index contributed by atoms with van der Waals surface area (Å²) in [7, 11) is 4.11. The smallest absolute Gasteiger partial charge is 0.227 e. The number of halogens is 2. The maximum absolute atomic E-state index is 12.4. The number of hydrogen-bond donors (Lipinski definition) is 2. The highest BCUT2D eigenvalue weighted by Crippen LogP contribution is 2.21. The van der Waals surface area contributed by atoms with E-state index in [0.29, 0.717) is 12.6 Å². The summed E-state index contributed by atoms with van der Waals surface area (Å²) in [5.74, 6) is 1.01. The van der Waals surface area contributed by atoms with Crippen LogP contribution in [0.25, 0.3) is 0 Å². The second kappa shape index (κ2) is 12.4. The van der Waals surface area contributed by atoms with E-state index in [9.17, 15) is 4.79 Å². The molecule has 0 saturated carbocycles. The molecule has 2 rings (SSSR count). The van der Waals surface area contributed by atoms with Gasteiger partial charge in [0.15, 0.2) is 0 Å². The summed E-state index contributed by atoms with van der Waals surface area (Å²) in [5, 5.41) is 6.40. The Kier molecular flexibility index (Phi) is 11.9. The lowest BCUT2D eigenvalue weighted by Gasteiger charge is -2.27. The molecule has 1 heterocycles. The van der Waals surface area contributed by atoms with Crippen molar-refractivity contribution in [2.45, 2.75) is 32.2 Å². The number of piperidine rings is 1. The van der Waals surface area contributed by atoms with Crippen LogP contribution in [0.5, 0.6) is 5.75 Å². The number of ether oxygens (including phenoxy) is 1. The molecule has 2 N–H and O–H groups in total. The average molecular weight is 392 g/mol. The number of amides is 1. The Balaban J connectivity index is 0.00000288. The monoisotopic (exact) mass is 391 g/mol. The molecule has 1 aliphatic rings. The topological polar surface area (TPSA) is 53.6 Å². The van der Waals surface area contributed by atoms with E-state index in [2.05, 4.69) is 36.6 Å². The van der Waals surface area contributed by atoms with Crippen LogP contribution in [0.3, 0.4) is 0 Å². The molecule has 0 radical (unpaired) electrons. The van der Waals surface area contributed by atoms with Crippen molar-refractivity contribution >= 4 is 36.4 Å². The van der Waals surface area contributed by atoms with E-state index >= 15 is 0 Å². The lowest BCUT2D eigenvalue weighted by atomic mass is 9.92. The van der Waals surface area contributed by atoms with E-state index in [0.717, 1.165) is 43.8 Å². The van der Waals surface area contributed by atoms with Gasteiger partial charge in [-0.2, -0.15) is 0 Å². The van der Waals surface area contributed by atoms with Gasteiger partial charge in [0.05, 0.1) is 6.61 Å². The molecule has 144 valence electrons. The van der Waals surface area contributed by atoms with Crippen molar-refractivity contribution in [2.75, 3.05) is 39.1 Å². The second-order valence-electron chi connectivity index (χ2n) is 6.60. The van der Waals surface area contributed by atoms with E-state index in [4.69, 9.17) is 4.74 Å². The van der Waals surface area contributed by atoms with E-state index in [1.165, 1.54) is 0 Å². The fourth-order valence-electron chi connectivity index (χ4n) is 2.85. The first-order chi connectivity index (χ1) is 11.0. The molecule has 0 bridgehead atoms.